The van der Waals surface area contributed by atoms with Gasteiger partial charge in [0.1, 0.15) is 6.04 Å². The van der Waals surface area contributed by atoms with E-state index in [0.717, 1.165) is 43.6 Å². The van der Waals surface area contributed by atoms with Crippen molar-refractivity contribution in [3.05, 3.63) is 47.8 Å². The summed E-state index contributed by atoms with van der Waals surface area (Å²) in [5.74, 6) is -0.148. The number of fused-ring (bicyclic) bond motifs is 2. The molecule has 1 aromatic carbocycles. The van der Waals surface area contributed by atoms with E-state index in [-0.39, 0.29) is 23.8 Å². The lowest BCUT2D eigenvalue weighted by Gasteiger charge is -2.42. The lowest BCUT2D eigenvalue weighted by Crippen LogP contribution is -2.57. The molecule has 2 saturated heterocycles. The molecule has 0 unspecified atom stereocenters. The number of carbonyl (C=O) groups excluding carboxylic acids is 3. The van der Waals surface area contributed by atoms with E-state index in [2.05, 4.69) is 32.8 Å². The fourth-order valence-corrected chi connectivity index (χ4v) is 6.16. The van der Waals surface area contributed by atoms with Crippen LogP contribution in [0.15, 0.2) is 36.5 Å². The van der Waals surface area contributed by atoms with Gasteiger partial charge in [0.2, 0.25) is 17.7 Å². The first kappa shape index (κ1) is 26.3. The van der Waals surface area contributed by atoms with Crippen LogP contribution in [-0.4, -0.2) is 87.3 Å². The fourth-order valence-electron chi connectivity index (χ4n) is 6.16. The third-order valence-electron chi connectivity index (χ3n) is 8.44. The molecular formula is C28H39N7O3. The van der Waals surface area contributed by atoms with Crippen LogP contribution in [0.2, 0.25) is 0 Å². The average Bonchev–Trinajstić information content (AvgIpc) is 3.60. The number of aryl methyl sites for hydroxylation is 1. The molecule has 10 nitrogen and oxygen atoms in total. The summed E-state index contributed by atoms with van der Waals surface area (Å²) in [7, 11) is 0. The van der Waals surface area contributed by atoms with Crippen LogP contribution in [0.3, 0.4) is 0 Å². The number of hydrogen-bond donors (Lipinski definition) is 2. The molecule has 38 heavy (non-hydrogen) atoms. The molecule has 0 aliphatic carbocycles. The number of benzene rings is 1. The molecule has 0 radical (unpaired) electrons. The van der Waals surface area contributed by atoms with E-state index in [1.807, 2.05) is 41.4 Å². The molecule has 10 heteroatoms. The van der Waals surface area contributed by atoms with Crippen molar-refractivity contribution in [2.45, 2.75) is 70.5 Å². The van der Waals surface area contributed by atoms with Crippen LogP contribution in [0, 0.1) is 5.41 Å². The molecule has 2 atom stereocenters. The predicted molar refractivity (Wildman–Crippen MR) is 142 cm³/mol. The van der Waals surface area contributed by atoms with Crippen molar-refractivity contribution in [1.29, 1.82) is 0 Å². The second-order valence-electron chi connectivity index (χ2n) is 10.9. The number of carbonyl (C=O) groups is 3. The van der Waals surface area contributed by atoms with Gasteiger partial charge in [0.15, 0.2) is 0 Å². The zero-order chi connectivity index (χ0) is 26.5. The monoisotopic (exact) mass is 521 g/mol. The van der Waals surface area contributed by atoms with E-state index in [4.69, 9.17) is 0 Å². The first-order chi connectivity index (χ1) is 18.5. The van der Waals surface area contributed by atoms with Crippen molar-refractivity contribution in [3.63, 3.8) is 0 Å². The Morgan fingerprint density at radius 3 is 2.63 bits per heavy atom. The van der Waals surface area contributed by atoms with E-state index >= 15 is 0 Å². The quantitative estimate of drug-likeness (QED) is 0.625. The van der Waals surface area contributed by atoms with Gasteiger partial charge in [0.05, 0.1) is 17.2 Å². The molecule has 1 aromatic heterocycles. The molecule has 2 fully saturated rings. The standard InChI is InChI=1S/C28H39N7O3/c1-2-33-14-6-10-24(33)26(37)34-16-11-28(12-17-34)19-22-20-35(32-31-22)15-7-13-29-25(36)23(30-27(28)38)18-21-8-4-3-5-9-21/h3-5,8-9,20,23-24H,2,6-7,10-19H2,1H3,(H,29,36)(H,30,38)/t23-,24-/m0/s1. The van der Waals surface area contributed by atoms with Gasteiger partial charge in [-0.2, -0.15) is 0 Å². The molecular weight excluding hydrogens is 482 g/mol. The third kappa shape index (κ3) is 5.75. The summed E-state index contributed by atoms with van der Waals surface area (Å²) in [4.78, 5) is 44.8. The SMILES string of the molecule is CCN1CCC[C@H]1C(=O)N1CCC2(CC1)Cc1cn(nn1)CCCNC(=O)[C@H](Cc1ccccc1)NC2=O. The number of hydrogen-bond acceptors (Lipinski definition) is 6. The number of amides is 3. The fraction of sp³-hybridized carbons (Fsp3) is 0.607. The minimum absolute atomic E-state index is 0.0539. The van der Waals surface area contributed by atoms with Crippen LogP contribution < -0.4 is 10.6 Å². The van der Waals surface area contributed by atoms with Crippen LogP contribution in [0.5, 0.6) is 0 Å². The van der Waals surface area contributed by atoms with Gasteiger partial charge in [-0.15, -0.1) is 5.10 Å². The molecule has 2 aromatic rings. The zero-order valence-electron chi connectivity index (χ0n) is 22.3. The number of nitrogens with zero attached hydrogens (tertiary/aromatic N) is 5. The molecule has 2 bridgehead atoms. The molecule has 3 aliphatic rings. The number of piperidine rings is 1. The van der Waals surface area contributed by atoms with Crippen LogP contribution in [0.25, 0.3) is 0 Å². The van der Waals surface area contributed by atoms with E-state index < -0.39 is 11.5 Å². The Kier molecular flexibility index (Phi) is 8.06. The number of nitrogens with one attached hydrogen (secondary N) is 2. The highest BCUT2D eigenvalue weighted by Gasteiger charge is 2.45. The topological polar surface area (TPSA) is 112 Å². The first-order valence-corrected chi connectivity index (χ1v) is 14.0. The first-order valence-electron chi connectivity index (χ1n) is 14.0. The van der Waals surface area contributed by atoms with Gasteiger partial charge in [0.25, 0.3) is 0 Å². The molecule has 2 N–H and O–H groups in total. The number of likely N-dealkylation sites (N-methyl/N-ethyl adjacent to an activating group) is 1. The van der Waals surface area contributed by atoms with Crippen molar-refractivity contribution in [2.75, 3.05) is 32.7 Å². The largest absolute Gasteiger partial charge is 0.354 e. The number of rotatable bonds is 4. The Labute approximate surface area is 224 Å². The van der Waals surface area contributed by atoms with Crippen molar-refractivity contribution < 1.29 is 14.4 Å². The van der Waals surface area contributed by atoms with Gasteiger partial charge >= 0.3 is 0 Å². The van der Waals surface area contributed by atoms with Crippen molar-refractivity contribution >= 4 is 17.7 Å². The second-order valence-corrected chi connectivity index (χ2v) is 10.9. The highest BCUT2D eigenvalue weighted by Crippen LogP contribution is 2.36. The summed E-state index contributed by atoms with van der Waals surface area (Å²) in [6, 6.07) is 9.04. The van der Waals surface area contributed by atoms with Gasteiger partial charge in [-0.25, -0.2) is 0 Å². The van der Waals surface area contributed by atoms with Crippen molar-refractivity contribution in [2.24, 2.45) is 5.41 Å². The Balaban J connectivity index is 1.37. The molecule has 3 amide bonds. The minimum atomic E-state index is -0.763. The lowest BCUT2D eigenvalue weighted by atomic mass is 9.73. The number of likely N-dealkylation sites (tertiary alicyclic amines) is 2. The number of aromatic nitrogens is 3. The summed E-state index contributed by atoms with van der Waals surface area (Å²) < 4.78 is 1.78. The van der Waals surface area contributed by atoms with Crippen LogP contribution in [0.1, 0.15) is 50.3 Å². The van der Waals surface area contributed by atoms with Gasteiger partial charge in [0, 0.05) is 45.2 Å². The van der Waals surface area contributed by atoms with Gasteiger partial charge in [-0.05, 0) is 50.8 Å². The maximum atomic E-state index is 14.0. The summed E-state index contributed by atoms with van der Waals surface area (Å²) in [6.45, 7) is 6.11. The second kappa shape index (κ2) is 11.6. The zero-order valence-corrected chi connectivity index (χ0v) is 22.3. The van der Waals surface area contributed by atoms with Crippen LogP contribution in [0.4, 0.5) is 0 Å². The van der Waals surface area contributed by atoms with E-state index in [9.17, 15) is 14.4 Å². The summed E-state index contributed by atoms with van der Waals surface area (Å²) >= 11 is 0. The maximum Gasteiger partial charge on any atom is 0.242 e. The molecule has 1 spiro atoms. The van der Waals surface area contributed by atoms with Crippen LogP contribution in [-0.2, 0) is 33.8 Å². The Bertz CT molecular complexity index is 1130. The van der Waals surface area contributed by atoms with Crippen LogP contribution >= 0.6 is 0 Å². The highest BCUT2D eigenvalue weighted by molar-refractivity contribution is 5.91. The highest BCUT2D eigenvalue weighted by atomic mass is 16.2. The van der Waals surface area contributed by atoms with Crippen molar-refractivity contribution in [1.82, 2.24) is 35.4 Å². The molecule has 204 valence electrons. The van der Waals surface area contributed by atoms with E-state index in [0.29, 0.717) is 51.9 Å². The smallest absolute Gasteiger partial charge is 0.242 e. The summed E-state index contributed by atoms with van der Waals surface area (Å²) in [5, 5.41) is 14.7. The van der Waals surface area contributed by atoms with Gasteiger partial charge in [-0.3, -0.25) is 24.0 Å². The average molecular weight is 522 g/mol. The Morgan fingerprint density at radius 1 is 1.08 bits per heavy atom. The molecule has 5 rings (SSSR count). The Hall–Kier alpha value is -3.27. The summed E-state index contributed by atoms with van der Waals surface area (Å²) in [6.07, 6.45) is 6.47. The van der Waals surface area contributed by atoms with Gasteiger partial charge < -0.3 is 15.5 Å². The van der Waals surface area contributed by atoms with E-state index in [1.165, 1.54) is 0 Å². The molecule has 0 saturated carbocycles. The molecule has 3 aliphatic heterocycles. The normalized spacial score (nSPS) is 24.7. The van der Waals surface area contributed by atoms with Gasteiger partial charge in [-0.1, -0.05) is 42.5 Å². The summed E-state index contributed by atoms with van der Waals surface area (Å²) in [5.41, 5.74) is 0.998. The lowest BCUT2D eigenvalue weighted by molar-refractivity contribution is -0.144. The third-order valence-corrected chi connectivity index (χ3v) is 8.44. The maximum absolute atomic E-state index is 14.0. The minimum Gasteiger partial charge on any atom is -0.354 e. The molecule has 4 heterocycles. The van der Waals surface area contributed by atoms with Crippen molar-refractivity contribution in [3.8, 4) is 0 Å². The van der Waals surface area contributed by atoms with E-state index in [1.54, 1.807) is 4.68 Å². The predicted octanol–water partition coefficient (Wildman–Crippen LogP) is 1.16. The Morgan fingerprint density at radius 2 is 1.87 bits per heavy atom.